The first-order valence-electron chi connectivity index (χ1n) is 6.38. The van der Waals surface area contributed by atoms with Crippen LogP contribution in [0.4, 0.5) is 0 Å². The predicted octanol–water partition coefficient (Wildman–Crippen LogP) is 3.08. The number of nitrogens with zero attached hydrogens (tertiary/aromatic N) is 2. The van der Waals surface area contributed by atoms with Gasteiger partial charge in [-0.05, 0) is 24.6 Å². The Morgan fingerprint density at radius 2 is 1.84 bits per heavy atom. The molecule has 3 rings (SSSR count). The Bertz CT molecular complexity index is 685. The summed E-state index contributed by atoms with van der Waals surface area (Å²) < 4.78 is 1.99. The summed E-state index contributed by atoms with van der Waals surface area (Å²) in [6.07, 6.45) is 1.26. The summed E-state index contributed by atoms with van der Waals surface area (Å²) >= 11 is 0. The highest BCUT2D eigenvalue weighted by molar-refractivity contribution is 5.74. The Morgan fingerprint density at radius 3 is 2.63 bits per heavy atom. The maximum Gasteiger partial charge on any atom is 0.0969 e. The van der Waals surface area contributed by atoms with Crippen LogP contribution in [0, 0.1) is 6.92 Å². The van der Waals surface area contributed by atoms with E-state index in [2.05, 4.69) is 4.98 Å². The van der Waals surface area contributed by atoms with Crippen LogP contribution < -0.4 is 0 Å². The Morgan fingerprint density at radius 1 is 1.11 bits per heavy atom. The molecule has 0 fully saturated rings. The van der Waals surface area contributed by atoms with Gasteiger partial charge >= 0.3 is 0 Å². The number of imidazole rings is 1. The SMILES string of the molecule is Cc1ccc(C(O)Cn2cnc3ccccc32)cc1. The molecule has 96 valence electrons. The third-order valence-corrected chi connectivity index (χ3v) is 3.36. The van der Waals surface area contributed by atoms with Crippen LogP contribution in [0.15, 0.2) is 54.9 Å². The van der Waals surface area contributed by atoms with Gasteiger partial charge in [0.25, 0.3) is 0 Å². The molecule has 0 bridgehead atoms. The second kappa shape index (κ2) is 4.86. The van der Waals surface area contributed by atoms with Crippen LogP contribution in [0.1, 0.15) is 17.2 Å². The van der Waals surface area contributed by atoms with Gasteiger partial charge in [-0.2, -0.15) is 0 Å². The molecule has 0 aliphatic carbocycles. The van der Waals surface area contributed by atoms with Crippen molar-refractivity contribution in [3.05, 3.63) is 66.0 Å². The maximum atomic E-state index is 10.3. The Kier molecular flexibility index (Phi) is 3.05. The molecule has 0 amide bonds. The van der Waals surface area contributed by atoms with Crippen molar-refractivity contribution in [3.63, 3.8) is 0 Å². The van der Waals surface area contributed by atoms with E-state index in [9.17, 15) is 5.11 Å². The van der Waals surface area contributed by atoms with Gasteiger partial charge in [0.05, 0.1) is 30.0 Å². The number of aromatic nitrogens is 2. The first-order valence-corrected chi connectivity index (χ1v) is 6.38. The van der Waals surface area contributed by atoms with Crippen molar-refractivity contribution in [2.45, 2.75) is 19.6 Å². The van der Waals surface area contributed by atoms with E-state index in [1.807, 2.05) is 60.0 Å². The number of fused-ring (bicyclic) bond motifs is 1. The van der Waals surface area contributed by atoms with E-state index in [0.717, 1.165) is 16.6 Å². The minimum atomic E-state index is -0.516. The minimum absolute atomic E-state index is 0.516. The minimum Gasteiger partial charge on any atom is -0.387 e. The fraction of sp³-hybridized carbons (Fsp3) is 0.188. The van der Waals surface area contributed by atoms with Gasteiger partial charge in [0.15, 0.2) is 0 Å². The van der Waals surface area contributed by atoms with Crippen LogP contribution in [0.3, 0.4) is 0 Å². The number of aryl methyl sites for hydroxylation is 1. The lowest BCUT2D eigenvalue weighted by molar-refractivity contribution is 0.158. The van der Waals surface area contributed by atoms with Gasteiger partial charge in [0.2, 0.25) is 0 Å². The summed E-state index contributed by atoms with van der Waals surface area (Å²) in [5.74, 6) is 0. The highest BCUT2D eigenvalue weighted by atomic mass is 16.3. The average molecular weight is 252 g/mol. The van der Waals surface area contributed by atoms with Crippen LogP contribution >= 0.6 is 0 Å². The zero-order valence-corrected chi connectivity index (χ0v) is 10.8. The molecular weight excluding hydrogens is 236 g/mol. The number of para-hydroxylation sites is 2. The Hall–Kier alpha value is -2.13. The maximum absolute atomic E-state index is 10.3. The Labute approximate surface area is 112 Å². The molecule has 3 heteroatoms. The van der Waals surface area contributed by atoms with E-state index in [-0.39, 0.29) is 0 Å². The number of benzene rings is 2. The topological polar surface area (TPSA) is 38.0 Å². The van der Waals surface area contributed by atoms with Gasteiger partial charge in [-0.1, -0.05) is 42.0 Å². The summed E-state index contributed by atoms with van der Waals surface area (Å²) in [5, 5.41) is 10.3. The highest BCUT2D eigenvalue weighted by Gasteiger charge is 2.10. The van der Waals surface area contributed by atoms with Gasteiger partial charge in [-0.15, -0.1) is 0 Å². The van der Waals surface area contributed by atoms with Crippen molar-refractivity contribution in [1.29, 1.82) is 0 Å². The van der Waals surface area contributed by atoms with Crippen LogP contribution in [0.2, 0.25) is 0 Å². The summed E-state index contributed by atoms with van der Waals surface area (Å²) in [7, 11) is 0. The van der Waals surface area contributed by atoms with Crippen molar-refractivity contribution in [2.75, 3.05) is 0 Å². The largest absolute Gasteiger partial charge is 0.387 e. The van der Waals surface area contributed by atoms with Crippen LogP contribution in [0.5, 0.6) is 0 Å². The lowest BCUT2D eigenvalue weighted by Gasteiger charge is -2.12. The van der Waals surface area contributed by atoms with Crippen LogP contribution in [-0.2, 0) is 6.54 Å². The van der Waals surface area contributed by atoms with Gasteiger partial charge in [0.1, 0.15) is 0 Å². The van der Waals surface area contributed by atoms with Crippen molar-refractivity contribution in [1.82, 2.24) is 9.55 Å². The van der Waals surface area contributed by atoms with E-state index < -0.39 is 6.10 Å². The molecule has 0 saturated heterocycles. The van der Waals surface area contributed by atoms with Crippen molar-refractivity contribution >= 4 is 11.0 Å². The number of hydrogen-bond acceptors (Lipinski definition) is 2. The zero-order valence-electron chi connectivity index (χ0n) is 10.8. The first-order chi connectivity index (χ1) is 9.24. The molecule has 0 aliphatic rings. The summed E-state index contributed by atoms with van der Waals surface area (Å²) in [6.45, 7) is 2.56. The molecule has 1 unspecified atom stereocenters. The quantitative estimate of drug-likeness (QED) is 0.778. The molecular formula is C16H16N2O. The van der Waals surface area contributed by atoms with E-state index in [1.165, 1.54) is 5.56 Å². The second-order valence-electron chi connectivity index (χ2n) is 4.81. The summed E-state index contributed by atoms with van der Waals surface area (Å²) in [4.78, 5) is 4.33. The second-order valence-corrected chi connectivity index (χ2v) is 4.81. The third kappa shape index (κ3) is 2.37. The van der Waals surface area contributed by atoms with Gasteiger partial charge in [-0.3, -0.25) is 0 Å². The summed E-state index contributed by atoms with van der Waals surface area (Å²) in [6, 6.07) is 15.9. The smallest absolute Gasteiger partial charge is 0.0969 e. The highest BCUT2D eigenvalue weighted by Crippen LogP contribution is 2.19. The first kappa shape index (κ1) is 11.9. The average Bonchev–Trinajstić information content (AvgIpc) is 2.83. The summed E-state index contributed by atoms with van der Waals surface area (Å²) in [5.41, 5.74) is 4.14. The molecule has 1 aromatic heterocycles. The monoisotopic (exact) mass is 252 g/mol. The van der Waals surface area contributed by atoms with Gasteiger partial charge in [0, 0.05) is 0 Å². The molecule has 0 aliphatic heterocycles. The van der Waals surface area contributed by atoms with Gasteiger partial charge in [-0.25, -0.2) is 4.98 Å². The van der Waals surface area contributed by atoms with E-state index >= 15 is 0 Å². The normalized spacial score (nSPS) is 12.7. The molecule has 1 N–H and O–H groups in total. The third-order valence-electron chi connectivity index (χ3n) is 3.36. The lowest BCUT2D eigenvalue weighted by atomic mass is 10.1. The van der Waals surface area contributed by atoms with Crippen LogP contribution in [0.25, 0.3) is 11.0 Å². The number of aliphatic hydroxyl groups is 1. The molecule has 1 atom stereocenters. The molecule has 2 aromatic carbocycles. The zero-order chi connectivity index (χ0) is 13.2. The number of rotatable bonds is 3. The standard InChI is InChI=1S/C16H16N2O/c1-12-6-8-13(9-7-12)16(19)10-18-11-17-14-4-2-3-5-15(14)18/h2-9,11,16,19H,10H2,1H3. The molecule has 0 radical (unpaired) electrons. The fourth-order valence-electron chi connectivity index (χ4n) is 2.24. The van der Waals surface area contributed by atoms with E-state index in [4.69, 9.17) is 0 Å². The van der Waals surface area contributed by atoms with Crippen molar-refractivity contribution in [2.24, 2.45) is 0 Å². The van der Waals surface area contributed by atoms with Gasteiger partial charge < -0.3 is 9.67 Å². The lowest BCUT2D eigenvalue weighted by Crippen LogP contribution is -2.07. The molecule has 0 saturated carbocycles. The Balaban J connectivity index is 1.86. The molecule has 3 nitrogen and oxygen atoms in total. The van der Waals surface area contributed by atoms with E-state index in [1.54, 1.807) is 6.33 Å². The predicted molar refractivity (Wildman–Crippen MR) is 75.9 cm³/mol. The molecule has 0 spiro atoms. The van der Waals surface area contributed by atoms with Crippen molar-refractivity contribution < 1.29 is 5.11 Å². The number of aliphatic hydroxyl groups excluding tert-OH is 1. The van der Waals surface area contributed by atoms with Crippen LogP contribution in [-0.4, -0.2) is 14.7 Å². The molecule has 19 heavy (non-hydrogen) atoms. The molecule has 3 aromatic rings. The van der Waals surface area contributed by atoms with E-state index in [0.29, 0.717) is 6.54 Å². The molecule has 1 heterocycles. The fourth-order valence-corrected chi connectivity index (χ4v) is 2.24. The number of hydrogen-bond donors (Lipinski definition) is 1. The van der Waals surface area contributed by atoms with Crippen molar-refractivity contribution in [3.8, 4) is 0 Å².